The van der Waals surface area contributed by atoms with Crippen LogP contribution in [0.1, 0.15) is 18.1 Å². The van der Waals surface area contributed by atoms with Gasteiger partial charge in [-0.1, -0.05) is 42.0 Å². The van der Waals surface area contributed by atoms with E-state index in [0.29, 0.717) is 10.6 Å². The van der Waals surface area contributed by atoms with Crippen LogP contribution in [-0.4, -0.2) is 29.1 Å². The summed E-state index contributed by atoms with van der Waals surface area (Å²) in [6.45, 7) is 3.90. The fourth-order valence-electron chi connectivity index (χ4n) is 2.79. The minimum absolute atomic E-state index is 0.227. The molecule has 2 aromatic carbocycles. The molecule has 1 heterocycles. The van der Waals surface area contributed by atoms with Gasteiger partial charge in [-0.3, -0.25) is 9.69 Å². The number of halogens is 1. The van der Waals surface area contributed by atoms with Gasteiger partial charge in [-0.25, -0.2) is 9.18 Å². The second kappa shape index (κ2) is 6.88. The molecule has 130 valence electrons. The van der Waals surface area contributed by atoms with Gasteiger partial charge in [0.15, 0.2) is 0 Å². The molecule has 1 aliphatic rings. The summed E-state index contributed by atoms with van der Waals surface area (Å²) >= 11 is 1.29. The summed E-state index contributed by atoms with van der Waals surface area (Å²) in [5.41, 5.74) is 0.774. The maximum absolute atomic E-state index is 13.6. The first-order chi connectivity index (χ1) is 11.9. The molecule has 2 aromatic rings. The van der Waals surface area contributed by atoms with Crippen LogP contribution in [0.15, 0.2) is 53.4 Å². The summed E-state index contributed by atoms with van der Waals surface area (Å²) in [7, 11) is 0. The van der Waals surface area contributed by atoms with Crippen molar-refractivity contribution < 1.29 is 14.0 Å². The van der Waals surface area contributed by atoms with Crippen molar-refractivity contribution in [2.24, 2.45) is 0 Å². The van der Waals surface area contributed by atoms with Crippen LogP contribution in [0, 0.1) is 12.7 Å². The van der Waals surface area contributed by atoms with E-state index in [0.717, 1.165) is 11.1 Å². The Morgan fingerprint density at radius 3 is 2.48 bits per heavy atom. The lowest BCUT2D eigenvalue weighted by Crippen LogP contribution is -2.41. The maximum Gasteiger partial charge on any atom is 0.325 e. The molecule has 3 amide bonds. The first kappa shape index (κ1) is 17.5. The zero-order valence-electron chi connectivity index (χ0n) is 14.1. The lowest BCUT2D eigenvalue weighted by molar-refractivity contribution is -0.130. The smallest absolute Gasteiger partial charge is 0.319 e. The maximum atomic E-state index is 13.6. The van der Waals surface area contributed by atoms with E-state index >= 15 is 0 Å². The van der Waals surface area contributed by atoms with Crippen molar-refractivity contribution in [1.82, 2.24) is 10.2 Å². The number of nitrogens with one attached hydrogen (secondary N) is 1. The summed E-state index contributed by atoms with van der Waals surface area (Å²) in [5.74, 6) is -0.144. The molecule has 0 radical (unpaired) electrons. The van der Waals surface area contributed by atoms with Crippen molar-refractivity contribution in [3.63, 3.8) is 0 Å². The van der Waals surface area contributed by atoms with Crippen LogP contribution in [0.3, 0.4) is 0 Å². The Labute approximate surface area is 150 Å². The van der Waals surface area contributed by atoms with E-state index in [-0.39, 0.29) is 18.3 Å². The van der Waals surface area contributed by atoms with E-state index in [1.807, 2.05) is 31.2 Å². The highest BCUT2D eigenvalue weighted by molar-refractivity contribution is 7.99. The molecular formula is C19H19FN2O2S. The van der Waals surface area contributed by atoms with Gasteiger partial charge in [0.05, 0.1) is 0 Å². The summed E-state index contributed by atoms with van der Waals surface area (Å²) in [4.78, 5) is 26.8. The number of hydrogen-bond donors (Lipinski definition) is 1. The number of hydrogen-bond acceptors (Lipinski definition) is 3. The van der Waals surface area contributed by atoms with Gasteiger partial charge in [-0.05, 0) is 31.5 Å². The van der Waals surface area contributed by atoms with Crippen LogP contribution in [0.5, 0.6) is 0 Å². The number of nitrogens with zero attached hydrogens (tertiary/aromatic N) is 1. The summed E-state index contributed by atoms with van der Waals surface area (Å²) in [5, 5.41) is 2.78. The van der Waals surface area contributed by atoms with Gasteiger partial charge in [0, 0.05) is 17.2 Å². The van der Waals surface area contributed by atoms with E-state index in [2.05, 4.69) is 5.32 Å². The highest BCUT2D eigenvalue weighted by Crippen LogP contribution is 2.29. The minimum Gasteiger partial charge on any atom is -0.319 e. The molecule has 0 aliphatic carbocycles. The Bertz CT molecular complexity index is 809. The van der Waals surface area contributed by atoms with Crippen LogP contribution in [0.4, 0.5) is 9.18 Å². The minimum atomic E-state index is -1.06. The lowest BCUT2D eigenvalue weighted by atomic mass is 9.91. The summed E-state index contributed by atoms with van der Waals surface area (Å²) in [6.07, 6.45) is 0. The predicted octanol–water partition coefficient (Wildman–Crippen LogP) is 3.69. The number of rotatable bonds is 5. The quantitative estimate of drug-likeness (QED) is 0.655. The first-order valence-corrected chi connectivity index (χ1v) is 8.99. The highest BCUT2D eigenvalue weighted by atomic mass is 32.2. The molecule has 6 heteroatoms. The van der Waals surface area contributed by atoms with Crippen molar-refractivity contribution >= 4 is 23.7 Å². The third-order valence-electron chi connectivity index (χ3n) is 4.31. The normalized spacial score (nSPS) is 20.0. The second-order valence-corrected chi connectivity index (χ2v) is 7.29. The predicted molar refractivity (Wildman–Crippen MR) is 95.9 cm³/mol. The van der Waals surface area contributed by atoms with Crippen LogP contribution in [0.25, 0.3) is 0 Å². The van der Waals surface area contributed by atoms with E-state index < -0.39 is 11.6 Å². The molecule has 1 atom stereocenters. The molecule has 0 saturated carbocycles. The number of imide groups is 1. The molecule has 0 spiro atoms. The zero-order chi connectivity index (χ0) is 18.0. The Hall–Kier alpha value is -2.34. The molecular weight excluding hydrogens is 339 g/mol. The first-order valence-electron chi connectivity index (χ1n) is 8.00. The van der Waals surface area contributed by atoms with E-state index in [4.69, 9.17) is 0 Å². The van der Waals surface area contributed by atoms with Gasteiger partial charge in [-0.2, -0.15) is 0 Å². The SMILES string of the molecule is Cc1ccc([C@@]2(C)NC(=O)N(CCSc3ccccc3F)C2=O)cc1. The Morgan fingerprint density at radius 1 is 1.12 bits per heavy atom. The van der Waals surface area contributed by atoms with Crippen molar-refractivity contribution in [3.8, 4) is 0 Å². The molecule has 0 bridgehead atoms. The van der Waals surface area contributed by atoms with Crippen LogP contribution >= 0.6 is 11.8 Å². The second-order valence-electron chi connectivity index (χ2n) is 6.16. The van der Waals surface area contributed by atoms with Gasteiger partial charge in [0.1, 0.15) is 11.4 Å². The van der Waals surface area contributed by atoms with Crippen LogP contribution in [-0.2, 0) is 10.3 Å². The molecule has 3 rings (SSSR count). The van der Waals surface area contributed by atoms with Crippen molar-refractivity contribution in [1.29, 1.82) is 0 Å². The number of aryl methyl sites for hydroxylation is 1. The van der Waals surface area contributed by atoms with Gasteiger partial charge < -0.3 is 5.32 Å². The monoisotopic (exact) mass is 358 g/mol. The molecule has 0 aromatic heterocycles. The standard InChI is InChI=1S/C19H19FN2O2S/c1-13-7-9-14(10-8-13)19(2)17(23)22(18(24)21-19)11-12-25-16-6-4-3-5-15(16)20/h3-10H,11-12H2,1-2H3,(H,21,24)/t19-/m1/s1. The molecule has 1 fully saturated rings. The van der Waals surface area contributed by atoms with Gasteiger partial charge in [-0.15, -0.1) is 11.8 Å². The van der Waals surface area contributed by atoms with Crippen molar-refractivity contribution in [2.45, 2.75) is 24.3 Å². The molecule has 1 N–H and O–H groups in total. The number of carbonyl (C=O) groups is 2. The fourth-order valence-corrected chi connectivity index (χ4v) is 3.67. The van der Waals surface area contributed by atoms with Gasteiger partial charge >= 0.3 is 6.03 Å². The topological polar surface area (TPSA) is 49.4 Å². The Balaban J connectivity index is 1.69. The Morgan fingerprint density at radius 2 is 1.80 bits per heavy atom. The van der Waals surface area contributed by atoms with E-state index in [1.54, 1.807) is 25.1 Å². The number of carbonyl (C=O) groups excluding carboxylic acids is 2. The van der Waals surface area contributed by atoms with Gasteiger partial charge in [0.25, 0.3) is 5.91 Å². The Kier molecular flexibility index (Phi) is 4.81. The fraction of sp³-hybridized carbons (Fsp3) is 0.263. The third-order valence-corrected chi connectivity index (χ3v) is 5.34. The average molecular weight is 358 g/mol. The average Bonchev–Trinajstić information content (AvgIpc) is 2.81. The molecule has 0 unspecified atom stereocenters. The number of benzene rings is 2. The lowest BCUT2D eigenvalue weighted by Gasteiger charge is -2.22. The molecule has 1 aliphatic heterocycles. The van der Waals surface area contributed by atoms with E-state index in [9.17, 15) is 14.0 Å². The van der Waals surface area contributed by atoms with Crippen LogP contribution < -0.4 is 5.32 Å². The highest BCUT2D eigenvalue weighted by Gasteiger charge is 2.48. The number of urea groups is 1. The van der Waals surface area contributed by atoms with Crippen molar-refractivity contribution in [2.75, 3.05) is 12.3 Å². The number of thioether (sulfide) groups is 1. The van der Waals surface area contributed by atoms with Crippen LogP contribution in [0.2, 0.25) is 0 Å². The molecule has 25 heavy (non-hydrogen) atoms. The van der Waals surface area contributed by atoms with Gasteiger partial charge in [0.2, 0.25) is 0 Å². The van der Waals surface area contributed by atoms with E-state index in [1.165, 1.54) is 22.7 Å². The summed E-state index contributed by atoms with van der Waals surface area (Å²) in [6, 6.07) is 13.6. The summed E-state index contributed by atoms with van der Waals surface area (Å²) < 4.78 is 13.6. The van der Waals surface area contributed by atoms with Crippen molar-refractivity contribution in [3.05, 3.63) is 65.5 Å². The number of amides is 3. The molecule has 1 saturated heterocycles. The zero-order valence-corrected chi connectivity index (χ0v) is 14.9. The third kappa shape index (κ3) is 3.39. The molecule has 4 nitrogen and oxygen atoms in total. The largest absolute Gasteiger partial charge is 0.325 e.